The lowest BCUT2D eigenvalue weighted by Crippen LogP contribution is -2.41. The van der Waals surface area contributed by atoms with E-state index in [2.05, 4.69) is 9.88 Å². The fourth-order valence-electron chi connectivity index (χ4n) is 3.70. The Morgan fingerprint density at radius 2 is 2.21 bits per heavy atom. The molecule has 1 aliphatic heterocycles. The zero-order valence-corrected chi connectivity index (χ0v) is 11.0. The van der Waals surface area contributed by atoms with Crippen molar-refractivity contribution in [3.63, 3.8) is 0 Å². The van der Waals surface area contributed by atoms with Crippen molar-refractivity contribution in [2.75, 3.05) is 0 Å². The maximum atomic E-state index is 11.5. The molecule has 0 aromatic carbocycles. The number of fused-ring (bicyclic) bond motifs is 1. The van der Waals surface area contributed by atoms with Crippen molar-refractivity contribution in [1.82, 2.24) is 9.88 Å². The van der Waals surface area contributed by atoms with E-state index in [1.807, 2.05) is 18.2 Å². The summed E-state index contributed by atoms with van der Waals surface area (Å²) >= 11 is 0. The van der Waals surface area contributed by atoms with Crippen LogP contribution in [0.15, 0.2) is 24.4 Å². The predicted octanol–water partition coefficient (Wildman–Crippen LogP) is 2.30. The molecule has 3 atom stereocenters. The Morgan fingerprint density at radius 3 is 2.95 bits per heavy atom. The van der Waals surface area contributed by atoms with Crippen molar-refractivity contribution in [2.45, 2.75) is 50.7 Å². The van der Waals surface area contributed by atoms with Gasteiger partial charge in [-0.25, -0.2) is 0 Å². The van der Waals surface area contributed by atoms with Crippen molar-refractivity contribution in [3.8, 4) is 0 Å². The largest absolute Gasteiger partial charge is 0.480 e. The summed E-state index contributed by atoms with van der Waals surface area (Å²) < 4.78 is 0. The van der Waals surface area contributed by atoms with Gasteiger partial charge in [-0.1, -0.05) is 18.9 Å². The van der Waals surface area contributed by atoms with E-state index in [1.165, 1.54) is 19.3 Å². The number of rotatable bonds is 3. The van der Waals surface area contributed by atoms with Gasteiger partial charge in [0.05, 0.1) is 5.69 Å². The van der Waals surface area contributed by atoms with Gasteiger partial charge in [0.2, 0.25) is 0 Å². The first kappa shape index (κ1) is 12.6. The van der Waals surface area contributed by atoms with E-state index in [-0.39, 0.29) is 6.04 Å². The van der Waals surface area contributed by atoms with Gasteiger partial charge in [-0.15, -0.1) is 0 Å². The first-order valence-corrected chi connectivity index (χ1v) is 7.14. The van der Waals surface area contributed by atoms with Crippen LogP contribution in [-0.2, 0) is 11.3 Å². The standard InChI is InChI=1S/C15H20N2O2/c18-15(19)14-9-11-5-1-2-7-13(11)17(14)10-12-6-3-4-8-16-12/h3-4,6,8,11,13-14H,1-2,5,7,9-10H2,(H,18,19)/t11-,13+,14+/m1/s1. The van der Waals surface area contributed by atoms with Crippen molar-refractivity contribution in [1.29, 1.82) is 0 Å². The number of aliphatic carboxylic acids is 1. The maximum absolute atomic E-state index is 11.5. The van der Waals surface area contributed by atoms with Crippen LogP contribution in [0.25, 0.3) is 0 Å². The molecule has 0 bridgehead atoms. The topological polar surface area (TPSA) is 53.4 Å². The summed E-state index contributed by atoms with van der Waals surface area (Å²) in [5, 5.41) is 9.45. The van der Waals surface area contributed by atoms with Gasteiger partial charge in [-0.3, -0.25) is 14.7 Å². The van der Waals surface area contributed by atoms with E-state index in [0.717, 1.165) is 18.5 Å². The van der Waals surface area contributed by atoms with Crippen LogP contribution in [0.4, 0.5) is 0 Å². The average molecular weight is 260 g/mol. The monoisotopic (exact) mass is 260 g/mol. The molecular formula is C15H20N2O2. The van der Waals surface area contributed by atoms with Crippen LogP contribution in [0, 0.1) is 5.92 Å². The molecule has 1 aromatic rings. The van der Waals surface area contributed by atoms with Gasteiger partial charge in [0.15, 0.2) is 0 Å². The van der Waals surface area contributed by atoms with Crippen LogP contribution in [0.2, 0.25) is 0 Å². The van der Waals surface area contributed by atoms with E-state index < -0.39 is 5.97 Å². The molecule has 1 saturated carbocycles. The number of likely N-dealkylation sites (tertiary alicyclic amines) is 1. The van der Waals surface area contributed by atoms with Crippen LogP contribution < -0.4 is 0 Å². The average Bonchev–Trinajstić information content (AvgIpc) is 2.79. The lowest BCUT2D eigenvalue weighted by Gasteiger charge is -2.32. The first-order chi connectivity index (χ1) is 9.25. The Morgan fingerprint density at radius 1 is 1.37 bits per heavy atom. The quantitative estimate of drug-likeness (QED) is 0.906. The molecule has 1 aliphatic carbocycles. The summed E-state index contributed by atoms with van der Waals surface area (Å²) in [5.41, 5.74) is 0.972. The van der Waals surface area contributed by atoms with Gasteiger partial charge in [0.25, 0.3) is 0 Å². The summed E-state index contributed by atoms with van der Waals surface area (Å²) in [6.07, 6.45) is 7.40. The molecular weight excluding hydrogens is 240 g/mol. The Labute approximate surface area is 113 Å². The number of hydrogen-bond acceptors (Lipinski definition) is 3. The number of pyridine rings is 1. The third kappa shape index (κ3) is 2.50. The van der Waals surface area contributed by atoms with Crippen LogP contribution in [-0.4, -0.2) is 33.0 Å². The molecule has 2 aliphatic rings. The molecule has 2 heterocycles. The van der Waals surface area contributed by atoms with Crippen molar-refractivity contribution < 1.29 is 9.90 Å². The summed E-state index contributed by atoms with van der Waals surface area (Å²) in [6, 6.07) is 5.96. The maximum Gasteiger partial charge on any atom is 0.320 e. The zero-order valence-electron chi connectivity index (χ0n) is 11.0. The lowest BCUT2D eigenvalue weighted by molar-refractivity contribution is -0.142. The van der Waals surface area contributed by atoms with Crippen LogP contribution in [0.5, 0.6) is 0 Å². The van der Waals surface area contributed by atoms with Crippen molar-refractivity contribution >= 4 is 5.97 Å². The minimum absolute atomic E-state index is 0.324. The summed E-state index contributed by atoms with van der Waals surface area (Å²) in [6.45, 7) is 0.666. The van der Waals surface area contributed by atoms with E-state index in [4.69, 9.17) is 0 Å². The second-order valence-electron chi connectivity index (χ2n) is 5.70. The summed E-state index contributed by atoms with van der Waals surface area (Å²) in [7, 11) is 0. The second-order valence-corrected chi connectivity index (χ2v) is 5.70. The molecule has 0 spiro atoms. The highest BCUT2D eigenvalue weighted by Crippen LogP contribution is 2.40. The predicted molar refractivity (Wildman–Crippen MR) is 71.6 cm³/mol. The number of carboxylic acids is 1. The van der Waals surface area contributed by atoms with Gasteiger partial charge >= 0.3 is 5.97 Å². The molecule has 1 saturated heterocycles. The molecule has 1 aromatic heterocycles. The van der Waals surface area contributed by atoms with E-state index in [0.29, 0.717) is 18.5 Å². The van der Waals surface area contributed by atoms with Crippen LogP contribution in [0.1, 0.15) is 37.8 Å². The molecule has 4 heteroatoms. The zero-order chi connectivity index (χ0) is 13.2. The van der Waals surface area contributed by atoms with Gasteiger partial charge in [-0.2, -0.15) is 0 Å². The molecule has 0 amide bonds. The normalized spacial score (nSPS) is 31.1. The lowest BCUT2D eigenvalue weighted by atomic mass is 9.85. The smallest absolute Gasteiger partial charge is 0.320 e. The Hall–Kier alpha value is -1.42. The molecule has 4 nitrogen and oxygen atoms in total. The SMILES string of the molecule is O=C(O)[C@@H]1C[C@H]2CCCC[C@@H]2N1Cc1ccccn1. The fraction of sp³-hybridized carbons (Fsp3) is 0.600. The molecule has 102 valence electrons. The van der Waals surface area contributed by atoms with Gasteiger partial charge in [0.1, 0.15) is 6.04 Å². The second kappa shape index (κ2) is 5.29. The van der Waals surface area contributed by atoms with Crippen LogP contribution >= 0.6 is 0 Å². The molecule has 0 radical (unpaired) electrons. The minimum Gasteiger partial charge on any atom is -0.480 e. The third-order valence-electron chi connectivity index (χ3n) is 4.58. The Balaban J connectivity index is 1.80. The highest BCUT2D eigenvalue weighted by Gasteiger charge is 2.45. The highest BCUT2D eigenvalue weighted by atomic mass is 16.4. The molecule has 19 heavy (non-hydrogen) atoms. The molecule has 3 rings (SSSR count). The van der Waals surface area contributed by atoms with Crippen molar-refractivity contribution in [2.24, 2.45) is 5.92 Å². The van der Waals surface area contributed by atoms with E-state index >= 15 is 0 Å². The van der Waals surface area contributed by atoms with Gasteiger partial charge in [-0.05, 0) is 37.3 Å². The van der Waals surface area contributed by atoms with Gasteiger partial charge < -0.3 is 5.11 Å². The Kier molecular flexibility index (Phi) is 3.51. The molecule has 1 N–H and O–H groups in total. The summed E-state index contributed by atoms with van der Waals surface area (Å²) in [5.74, 6) is -0.108. The molecule has 2 fully saturated rings. The fourth-order valence-corrected chi connectivity index (χ4v) is 3.70. The number of carbonyl (C=O) groups is 1. The highest BCUT2D eigenvalue weighted by molar-refractivity contribution is 5.74. The number of nitrogens with zero attached hydrogens (tertiary/aromatic N) is 2. The van der Waals surface area contributed by atoms with E-state index in [9.17, 15) is 9.90 Å². The van der Waals surface area contributed by atoms with Gasteiger partial charge in [0, 0.05) is 18.8 Å². The third-order valence-corrected chi connectivity index (χ3v) is 4.58. The number of carboxylic acid groups (broad SMARTS) is 1. The molecule has 0 unspecified atom stereocenters. The first-order valence-electron chi connectivity index (χ1n) is 7.14. The minimum atomic E-state index is -0.676. The van der Waals surface area contributed by atoms with Crippen LogP contribution in [0.3, 0.4) is 0 Å². The number of aromatic nitrogens is 1. The number of hydrogen-bond donors (Lipinski definition) is 1. The summed E-state index contributed by atoms with van der Waals surface area (Å²) in [4.78, 5) is 18.0. The Bertz CT molecular complexity index is 449. The van der Waals surface area contributed by atoms with E-state index in [1.54, 1.807) is 6.20 Å². The van der Waals surface area contributed by atoms with Crippen molar-refractivity contribution in [3.05, 3.63) is 30.1 Å².